The molecule has 1 fully saturated rings. The number of rotatable bonds is 13. The fourth-order valence-electron chi connectivity index (χ4n) is 3.68. The fourth-order valence-corrected chi connectivity index (χ4v) is 4.68. The van der Waals surface area contributed by atoms with Crippen LogP contribution in [0.2, 0.25) is 0 Å². The van der Waals surface area contributed by atoms with Crippen LogP contribution in [0.4, 0.5) is 5.82 Å². The Balaban J connectivity index is 1.71. The van der Waals surface area contributed by atoms with Crippen molar-refractivity contribution in [1.29, 1.82) is 0 Å². The normalized spacial score (nSPS) is 15.7. The van der Waals surface area contributed by atoms with Crippen LogP contribution in [0.25, 0.3) is 6.08 Å². The van der Waals surface area contributed by atoms with E-state index >= 15 is 0 Å². The lowest BCUT2D eigenvalue weighted by Crippen LogP contribution is -2.29. The molecule has 2 heterocycles. The van der Waals surface area contributed by atoms with Crippen LogP contribution in [-0.2, 0) is 4.79 Å². The Morgan fingerprint density at radius 3 is 2.66 bits per heavy atom. The van der Waals surface area contributed by atoms with Gasteiger partial charge >= 0.3 is 0 Å². The maximum Gasteiger partial charge on any atom is 0.267 e. The van der Waals surface area contributed by atoms with Gasteiger partial charge in [-0.05, 0) is 61.0 Å². The average molecular weight is 494 g/mol. The minimum absolute atomic E-state index is 0.108. The molecule has 186 valence electrons. The smallest absolute Gasteiger partial charge is 0.267 e. The summed E-state index contributed by atoms with van der Waals surface area (Å²) in [5, 5.41) is 0.588. The number of aliphatic imine (C=N–C) groups is 1. The molecule has 0 saturated carbocycles. The van der Waals surface area contributed by atoms with E-state index in [0.717, 1.165) is 23.4 Å². The number of carbonyl (C=O) groups is 1. The van der Waals surface area contributed by atoms with Crippen LogP contribution in [-0.4, -0.2) is 41.2 Å². The Labute approximate surface area is 213 Å². The standard InChI is InChI=1S/C28H35N3O3S/c1-5-7-8-9-10-11-18-34-23-16-15-22(19-24(23)33-4)20-25-27(32)31(17-6-2)28(35-25)30-26-14-12-13-21(3)29-26/h6,12-16,19-20H,2,5,7-11,17-18H2,1,3-4H3/b25-20-,30-28+. The summed E-state index contributed by atoms with van der Waals surface area (Å²) in [7, 11) is 1.63. The number of pyridine rings is 1. The molecule has 1 saturated heterocycles. The van der Waals surface area contributed by atoms with Crippen LogP contribution >= 0.6 is 11.8 Å². The second-order valence-corrected chi connectivity index (χ2v) is 9.38. The molecule has 35 heavy (non-hydrogen) atoms. The molecule has 0 N–H and O–H groups in total. The first-order valence-corrected chi connectivity index (χ1v) is 13.0. The van der Waals surface area contributed by atoms with Crippen molar-refractivity contribution < 1.29 is 14.3 Å². The number of aromatic nitrogens is 1. The van der Waals surface area contributed by atoms with Gasteiger partial charge < -0.3 is 9.47 Å². The van der Waals surface area contributed by atoms with Crippen LogP contribution in [0.3, 0.4) is 0 Å². The number of amides is 1. The van der Waals surface area contributed by atoms with Gasteiger partial charge in [0.25, 0.3) is 5.91 Å². The molecule has 7 heteroatoms. The highest BCUT2D eigenvalue weighted by molar-refractivity contribution is 8.18. The number of aryl methyl sites for hydroxylation is 1. The molecule has 3 rings (SSSR count). The molecular weight excluding hydrogens is 458 g/mol. The largest absolute Gasteiger partial charge is 0.493 e. The van der Waals surface area contributed by atoms with Gasteiger partial charge in [0, 0.05) is 12.2 Å². The Morgan fingerprint density at radius 1 is 1.11 bits per heavy atom. The predicted molar refractivity (Wildman–Crippen MR) is 145 cm³/mol. The Kier molecular flexibility index (Phi) is 10.4. The SMILES string of the molecule is C=CCN1C(=O)/C(=C/c2ccc(OCCCCCCCC)c(OC)c2)S/C1=N/c1cccc(C)n1. The minimum Gasteiger partial charge on any atom is -0.493 e. The van der Waals surface area contributed by atoms with Crippen molar-refractivity contribution >= 4 is 34.7 Å². The topological polar surface area (TPSA) is 64.0 Å². The van der Waals surface area contributed by atoms with Crippen molar-refractivity contribution in [2.45, 2.75) is 52.4 Å². The number of thioether (sulfide) groups is 1. The Morgan fingerprint density at radius 2 is 1.91 bits per heavy atom. The zero-order valence-electron chi connectivity index (χ0n) is 21.0. The van der Waals surface area contributed by atoms with E-state index in [-0.39, 0.29) is 5.91 Å². The average Bonchev–Trinajstić information content (AvgIpc) is 3.13. The highest BCUT2D eigenvalue weighted by atomic mass is 32.2. The van der Waals surface area contributed by atoms with Crippen LogP contribution < -0.4 is 9.47 Å². The first-order valence-electron chi connectivity index (χ1n) is 12.2. The molecule has 0 unspecified atom stereocenters. The third-order valence-electron chi connectivity index (χ3n) is 5.52. The first-order chi connectivity index (χ1) is 17.0. The molecule has 1 aromatic heterocycles. The van der Waals surface area contributed by atoms with Gasteiger partial charge in [-0.3, -0.25) is 9.69 Å². The maximum atomic E-state index is 13.1. The molecule has 0 radical (unpaired) electrons. The number of nitrogens with zero attached hydrogens (tertiary/aromatic N) is 3. The van der Waals surface area contributed by atoms with E-state index < -0.39 is 0 Å². The first kappa shape index (κ1) is 26.5. The van der Waals surface area contributed by atoms with E-state index in [1.165, 1.54) is 43.9 Å². The summed E-state index contributed by atoms with van der Waals surface area (Å²) in [6.07, 6.45) is 10.8. The van der Waals surface area contributed by atoms with E-state index in [1.807, 2.05) is 49.4 Å². The minimum atomic E-state index is -0.108. The second kappa shape index (κ2) is 13.7. The molecule has 1 aliphatic rings. The van der Waals surface area contributed by atoms with Gasteiger partial charge in [-0.15, -0.1) is 6.58 Å². The lowest BCUT2D eigenvalue weighted by Gasteiger charge is -2.12. The summed E-state index contributed by atoms with van der Waals surface area (Å²) in [6, 6.07) is 11.4. The summed E-state index contributed by atoms with van der Waals surface area (Å²) in [5.41, 5.74) is 1.73. The summed E-state index contributed by atoms with van der Waals surface area (Å²) in [4.78, 5) is 24.3. The lowest BCUT2D eigenvalue weighted by molar-refractivity contribution is -0.121. The van der Waals surface area contributed by atoms with Gasteiger partial charge in [0.15, 0.2) is 22.5 Å². The van der Waals surface area contributed by atoms with Gasteiger partial charge in [0.2, 0.25) is 0 Å². The molecule has 6 nitrogen and oxygen atoms in total. The molecule has 1 amide bonds. The zero-order chi connectivity index (χ0) is 25.0. The molecule has 0 spiro atoms. The van der Waals surface area contributed by atoms with Crippen LogP contribution in [0.5, 0.6) is 11.5 Å². The third kappa shape index (κ3) is 7.72. The van der Waals surface area contributed by atoms with E-state index in [4.69, 9.17) is 9.47 Å². The summed E-state index contributed by atoms with van der Waals surface area (Å²) in [6.45, 7) is 8.97. The summed E-state index contributed by atoms with van der Waals surface area (Å²) in [5.74, 6) is 1.84. The quantitative estimate of drug-likeness (QED) is 0.172. The molecule has 1 aromatic carbocycles. The number of methoxy groups -OCH3 is 1. The molecule has 1 aliphatic heterocycles. The molecule has 2 aromatic rings. The van der Waals surface area contributed by atoms with E-state index in [0.29, 0.717) is 34.8 Å². The van der Waals surface area contributed by atoms with Gasteiger partial charge in [-0.1, -0.05) is 57.2 Å². The van der Waals surface area contributed by atoms with E-state index in [1.54, 1.807) is 18.1 Å². The van der Waals surface area contributed by atoms with Gasteiger partial charge in [0.05, 0.1) is 18.6 Å². The Bertz CT molecular complexity index is 1080. The predicted octanol–water partition coefficient (Wildman–Crippen LogP) is 6.93. The maximum absolute atomic E-state index is 13.1. The number of unbranched alkanes of at least 4 members (excludes halogenated alkanes) is 5. The summed E-state index contributed by atoms with van der Waals surface area (Å²) >= 11 is 1.33. The second-order valence-electron chi connectivity index (χ2n) is 8.37. The van der Waals surface area contributed by atoms with E-state index in [2.05, 4.69) is 23.5 Å². The number of hydrogen-bond donors (Lipinski definition) is 0. The van der Waals surface area contributed by atoms with Crippen molar-refractivity contribution in [3.63, 3.8) is 0 Å². The van der Waals surface area contributed by atoms with Crippen LogP contribution in [0.15, 0.2) is 59.0 Å². The van der Waals surface area contributed by atoms with Gasteiger partial charge in [-0.2, -0.15) is 0 Å². The zero-order valence-corrected chi connectivity index (χ0v) is 21.8. The Hall–Kier alpha value is -3.06. The fraction of sp³-hybridized carbons (Fsp3) is 0.393. The lowest BCUT2D eigenvalue weighted by atomic mass is 10.1. The molecule has 0 atom stereocenters. The van der Waals surface area contributed by atoms with Crippen molar-refractivity contribution in [1.82, 2.24) is 9.88 Å². The van der Waals surface area contributed by atoms with Gasteiger partial charge in [-0.25, -0.2) is 9.98 Å². The molecule has 0 aliphatic carbocycles. The van der Waals surface area contributed by atoms with Crippen molar-refractivity contribution in [2.75, 3.05) is 20.3 Å². The van der Waals surface area contributed by atoms with Crippen LogP contribution in [0.1, 0.15) is 56.7 Å². The van der Waals surface area contributed by atoms with Crippen molar-refractivity contribution in [3.8, 4) is 11.5 Å². The third-order valence-corrected chi connectivity index (χ3v) is 6.53. The van der Waals surface area contributed by atoms with Crippen LogP contribution in [0, 0.1) is 6.92 Å². The number of benzene rings is 1. The molecule has 0 bridgehead atoms. The van der Waals surface area contributed by atoms with Crippen molar-refractivity contribution in [3.05, 3.63) is 65.2 Å². The monoisotopic (exact) mass is 493 g/mol. The van der Waals surface area contributed by atoms with Gasteiger partial charge in [0.1, 0.15) is 0 Å². The number of ether oxygens (including phenoxy) is 2. The summed E-state index contributed by atoms with van der Waals surface area (Å²) < 4.78 is 11.5. The highest BCUT2D eigenvalue weighted by Gasteiger charge is 2.32. The number of carbonyl (C=O) groups excluding carboxylic acids is 1. The highest BCUT2D eigenvalue weighted by Crippen LogP contribution is 2.35. The molecular formula is C28H35N3O3S. The number of amidine groups is 1. The van der Waals surface area contributed by atoms with Crippen molar-refractivity contribution in [2.24, 2.45) is 4.99 Å². The number of hydrogen-bond acceptors (Lipinski definition) is 6. The van der Waals surface area contributed by atoms with E-state index in [9.17, 15) is 4.79 Å².